The van der Waals surface area contributed by atoms with E-state index in [-0.39, 0.29) is 10.8 Å². The third kappa shape index (κ3) is 2.58. The summed E-state index contributed by atoms with van der Waals surface area (Å²) in [5, 5.41) is 0. The van der Waals surface area contributed by atoms with Crippen LogP contribution >= 0.6 is 0 Å². The molecule has 0 N–H and O–H groups in total. The van der Waals surface area contributed by atoms with Crippen LogP contribution in [0, 0.1) is 12.8 Å². The van der Waals surface area contributed by atoms with E-state index in [4.69, 9.17) is 4.74 Å². The lowest BCUT2D eigenvalue weighted by Crippen LogP contribution is -2.43. The standard InChI is InChI=1S/C14H19NO4S/c1-10-4-6-12(7-5-10)20(17,18)15-9-8-11(2)13(15)14(16)19-3/h4-7,11,13H,8-9H2,1-3H3/t11-,13-/m0/s1. The van der Waals surface area contributed by atoms with Crippen LogP contribution in [-0.4, -0.2) is 38.4 Å². The van der Waals surface area contributed by atoms with Crippen molar-refractivity contribution in [3.8, 4) is 0 Å². The van der Waals surface area contributed by atoms with Gasteiger partial charge in [0, 0.05) is 6.54 Å². The topological polar surface area (TPSA) is 63.7 Å². The van der Waals surface area contributed by atoms with Gasteiger partial charge < -0.3 is 4.74 Å². The quantitative estimate of drug-likeness (QED) is 0.794. The highest BCUT2D eigenvalue weighted by Gasteiger charge is 2.44. The molecule has 0 aliphatic carbocycles. The summed E-state index contributed by atoms with van der Waals surface area (Å²) in [6.07, 6.45) is 0.658. The van der Waals surface area contributed by atoms with Gasteiger partial charge in [-0.1, -0.05) is 24.6 Å². The number of rotatable bonds is 3. The highest BCUT2D eigenvalue weighted by Crippen LogP contribution is 2.30. The molecule has 1 saturated heterocycles. The summed E-state index contributed by atoms with van der Waals surface area (Å²) in [4.78, 5) is 12.1. The van der Waals surface area contributed by atoms with Crippen molar-refractivity contribution in [2.45, 2.75) is 31.2 Å². The number of carbonyl (C=O) groups excluding carboxylic acids is 1. The van der Waals surface area contributed by atoms with E-state index in [1.165, 1.54) is 11.4 Å². The molecular weight excluding hydrogens is 278 g/mol. The first-order valence-electron chi connectivity index (χ1n) is 6.54. The smallest absolute Gasteiger partial charge is 0.324 e. The Morgan fingerprint density at radius 3 is 2.45 bits per heavy atom. The van der Waals surface area contributed by atoms with E-state index in [9.17, 15) is 13.2 Å². The number of esters is 1. The number of aryl methyl sites for hydroxylation is 1. The fraction of sp³-hybridized carbons (Fsp3) is 0.500. The number of ether oxygens (including phenoxy) is 1. The molecule has 0 unspecified atom stereocenters. The summed E-state index contributed by atoms with van der Waals surface area (Å²) < 4.78 is 31.3. The lowest BCUT2D eigenvalue weighted by molar-refractivity contribution is -0.145. The number of nitrogens with zero attached hydrogens (tertiary/aromatic N) is 1. The number of benzene rings is 1. The van der Waals surface area contributed by atoms with Gasteiger partial charge in [-0.3, -0.25) is 4.79 Å². The molecule has 0 saturated carbocycles. The molecule has 0 bridgehead atoms. The molecule has 20 heavy (non-hydrogen) atoms. The number of hydrogen-bond donors (Lipinski definition) is 0. The van der Waals surface area contributed by atoms with Gasteiger partial charge in [0.25, 0.3) is 0 Å². The van der Waals surface area contributed by atoms with Crippen LogP contribution in [0.3, 0.4) is 0 Å². The van der Waals surface area contributed by atoms with Gasteiger partial charge in [0.05, 0.1) is 12.0 Å². The van der Waals surface area contributed by atoms with Crippen molar-refractivity contribution in [1.82, 2.24) is 4.31 Å². The second kappa shape index (κ2) is 5.54. The summed E-state index contributed by atoms with van der Waals surface area (Å²) >= 11 is 0. The number of methoxy groups -OCH3 is 1. The molecule has 110 valence electrons. The van der Waals surface area contributed by atoms with Gasteiger partial charge in [-0.05, 0) is 31.4 Å². The van der Waals surface area contributed by atoms with Gasteiger partial charge in [0.2, 0.25) is 10.0 Å². The van der Waals surface area contributed by atoms with Gasteiger partial charge in [-0.15, -0.1) is 0 Å². The van der Waals surface area contributed by atoms with Crippen molar-refractivity contribution >= 4 is 16.0 Å². The number of sulfonamides is 1. The van der Waals surface area contributed by atoms with E-state index in [2.05, 4.69) is 0 Å². The first-order valence-corrected chi connectivity index (χ1v) is 7.98. The van der Waals surface area contributed by atoms with Crippen LogP contribution < -0.4 is 0 Å². The maximum absolute atomic E-state index is 12.6. The summed E-state index contributed by atoms with van der Waals surface area (Å²) in [6.45, 7) is 4.11. The molecule has 1 heterocycles. The third-order valence-corrected chi connectivity index (χ3v) is 5.62. The van der Waals surface area contributed by atoms with Crippen molar-refractivity contribution in [2.75, 3.05) is 13.7 Å². The maximum Gasteiger partial charge on any atom is 0.324 e. The summed E-state index contributed by atoms with van der Waals surface area (Å²) in [5.74, 6) is -0.534. The average molecular weight is 297 g/mol. The van der Waals surface area contributed by atoms with Crippen LogP contribution in [0.2, 0.25) is 0 Å². The molecule has 0 radical (unpaired) electrons. The molecule has 5 nitrogen and oxygen atoms in total. The van der Waals surface area contributed by atoms with Crippen molar-refractivity contribution in [3.05, 3.63) is 29.8 Å². The molecule has 1 aliphatic heterocycles. The first-order chi connectivity index (χ1) is 9.37. The first kappa shape index (κ1) is 15.0. The van der Waals surface area contributed by atoms with Gasteiger partial charge in [0.1, 0.15) is 6.04 Å². The highest BCUT2D eigenvalue weighted by atomic mass is 32.2. The Morgan fingerprint density at radius 2 is 1.90 bits per heavy atom. The van der Waals surface area contributed by atoms with Crippen LogP contribution in [0.4, 0.5) is 0 Å². The Morgan fingerprint density at radius 1 is 1.30 bits per heavy atom. The Hall–Kier alpha value is -1.40. The van der Waals surface area contributed by atoms with E-state index < -0.39 is 22.0 Å². The van der Waals surface area contributed by atoms with Crippen molar-refractivity contribution in [1.29, 1.82) is 0 Å². The second-order valence-electron chi connectivity index (χ2n) is 5.16. The normalized spacial score (nSPS) is 23.8. The summed E-state index contributed by atoms with van der Waals surface area (Å²) in [5.41, 5.74) is 0.989. The Bertz CT molecular complexity index is 594. The predicted molar refractivity (Wildman–Crippen MR) is 74.7 cm³/mol. The molecule has 1 aliphatic rings. The highest BCUT2D eigenvalue weighted by molar-refractivity contribution is 7.89. The molecule has 1 fully saturated rings. The van der Waals surface area contributed by atoms with Crippen LogP contribution in [0.5, 0.6) is 0 Å². The zero-order chi connectivity index (χ0) is 14.9. The lowest BCUT2D eigenvalue weighted by Gasteiger charge is -2.24. The monoisotopic (exact) mass is 297 g/mol. The SMILES string of the molecule is COC(=O)[C@@H]1[C@@H](C)CCN1S(=O)(=O)c1ccc(C)cc1. The minimum atomic E-state index is -3.66. The average Bonchev–Trinajstić information content (AvgIpc) is 2.81. The minimum absolute atomic E-state index is 0.0392. The van der Waals surface area contributed by atoms with Gasteiger partial charge >= 0.3 is 5.97 Å². The van der Waals surface area contributed by atoms with Crippen LogP contribution in [0.1, 0.15) is 18.9 Å². The molecule has 0 amide bonds. The molecule has 2 rings (SSSR count). The fourth-order valence-corrected chi connectivity index (χ4v) is 4.19. The van der Waals surface area contributed by atoms with Gasteiger partial charge in [-0.25, -0.2) is 8.42 Å². The van der Waals surface area contributed by atoms with Crippen molar-refractivity contribution < 1.29 is 17.9 Å². The van der Waals surface area contributed by atoms with Crippen LogP contribution in [-0.2, 0) is 19.6 Å². The summed E-state index contributed by atoms with van der Waals surface area (Å²) in [7, 11) is -2.38. The molecule has 1 aromatic rings. The molecule has 2 atom stereocenters. The molecule has 0 aromatic heterocycles. The number of hydrogen-bond acceptors (Lipinski definition) is 4. The molecular formula is C14H19NO4S. The predicted octanol–water partition coefficient (Wildman–Crippen LogP) is 1.57. The molecule has 6 heteroatoms. The van der Waals surface area contributed by atoms with Crippen LogP contribution in [0.15, 0.2) is 29.2 Å². The van der Waals surface area contributed by atoms with E-state index in [0.717, 1.165) is 5.56 Å². The minimum Gasteiger partial charge on any atom is -0.468 e. The van der Waals surface area contributed by atoms with E-state index in [1.54, 1.807) is 24.3 Å². The van der Waals surface area contributed by atoms with Gasteiger partial charge in [-0.2, -0.15) is 4.31 Å². The largest absolute Gasteiger partial charge is 0.468 e. The van der Waals surface area contributed by atoms with E-state index >= 15 is 0 Å². The molecule has 0 spiro atoms. The maximum atomic E-state index is 12.6. The van der Waals surface area contributed by atoms with Crippen molar-refractivity contribution in [2.24, 2.45) is 5.92 Å². The zero-order valence-corrected chi connectivity index (χ0v) is 12.7. The third-order valence-electron chi connectivity index (χ3n) is 3.72. The van der Waals surface area contributed by atoms with E-state index in [0.29, 0.717) is 13.0 Å². The Labute approximate surface area is 119 Å². The molecule has 1 aromatic carbocycles. The Balaban J connectivity index is 2.38. The Kier molecular flexibility index (Phi) is 4.15. The second-order valence-corrected chi connectivity index (χ2v) is 7.05. The fourth-order valence-electron chi connectivity index (χ4n) is 2.50. The zero-order valence-electron chi connectivity index (χ0n) is 11.9. The summed E-state index contributed by atoms with van der Waals surface area (Å²) in [6, 6.07) is 5.91. The van der Waals surface area contributed by atoms with Gasteiger partial charge in [0.15, 0.2) is 0 Å². The van der Waals surface area contributed by atoms with Crippen molar-refractivity contribution in [3.63, 3.8) is 0 Å². The van der Waals surface area contributed by atoms with E-state index in [1.807, 2.05) is 13.8 Å². The lowest BCUT2D eigenvalue weighted by atomic mass is 10.0. The number of carbonyl (C=O) groups is 1. The van der Waals surface area contributed by atoms with Crippen LogP contribution in [0.25, 0.3) is 0 Å².